The van der Waals surface area contributed by atoms with Gasteiger partial charge in [-0.1, -0.05) is 0 Å². The molecule has 0 aromatic carbocycles. The number of nitriles is 1. The van der Waals surface area contributed by atoms with Crippen molar-refractivity contribution >= 4 is 5.91 Å². The monoisotopic (exact) mass is 350 g/mol. The Morgan fingerprint density at radius 2 is 2.31 bits per heavy atom. The lowest BCUT2D eigenvalue weighted by Gasteiger charge is -2.34. The summed E-state index contributed by atoms with van der Waals surface area (Å²) in [6.07, 6.45) is 6.80. The fourth-order valence-electron chi connectivity index (χ4n) is 3.21. The zero-order valence-corrected chi connectivity index (χ0v) is 14.3. The minimum absolute atomic E-state index is 0.104. The molecule has 1 aliphatic rings. The Balaban J connectivity index is 1.34. The zero-order valence-electron chi connectivity index (χ0n) is 14.3. The van der Waals surface area contributed by atoms with Gasteiger partial charge in [0.05, 0.1) is 5.56 Å². The fraction of sp³-hybridized carbons (Fsp3) is 0.353. The second-order valence-electron chi connectivity index (χ2n) is 6.49. The van der Waals surface area contributed by atoms with Crippen molar-refractivity contribution in [3.8, 4) is 6.07 Å². The van der Waals surface area contributed by atoms with Crippen LogP contribution < -0.4 is 5.32 Å². The van der Waals surface area contributed by atoms with Crippen molar-refractivity contribution in [2.75, 3.05) is 0 Å². The van der Waals surface area contributed by atoms with Gasteiger partial charge in [-0.15, -0.1) is 10.2 Å². The molecule has 0 saturated heterocycles. The average molecular weight is 350 g/mol. The number of hydrogen-bond donors (Lipinski definition) is 2. The molecule has 26 heavy (non-hydrogen) atoms. The van der Waals surface area contributed by atoms with Crippen molar-refractivity contribution in [1.29, 1.82) is 5.26 Å². The smallest absolute Gasteiger partial charge is 0.267 e. The van der Waals surface area contributed by atoms with Crippen molar-refractivity contribution in [2.45, 2.75) is 31.3 Å². The highest BCUT2D eigenvalue weighted by Gasteiger charge is 2.35. The number of carbonyl (C=O) groups is 1. The van der Waals surface area contributed by atoms with Gasteiger partial charge in [0, 0.05) is 37.6 Å². The van der Waals surface area contributed by atoms with Crippen LogP contribution in [0.5, 0.6) is 0 Å². The lowest BCUT2D eigenvalue weighted by molar-refractivity contribution is 0.0902. The van der Waals surface area contributed by atoms with E-state index in [1.54, 1.807) is 12.3 Å². The fourth-order valence-corrected chi connectivity index (χ4v) is 3.21. The number of carbonyl (C=O) groups excluding carboxylic acids is 1. The van der Waals surface area contributed by atoms with E-state index < -0.39 is 0 Å². The van der Waals surface area contributed by atoms with Crippen LogP contribution in [0.3, 0.4) is 0 Å². The number of rotatable bonds is 5. The van der Waals surface area contributed by atoms with E-state index in [-0.39, 0.29) is 17.9 Å². The number of nitrogens with one attached hydrogen (secondary N) is 2. The van der Waals surface area contributed by atoms with Gasteiger partial charge in [-0.25, -0.2) is 0 Å². The van der Waals surface area contributed by atoms with Crippen molar-refractivity contribution < 1.29 is 4.79 Å². The van der Waals surface area contributed by atoms with Crippen LogP contribution in [0.4, 0.5) is 0 Å². The SMILES string of the molecule is Cn1c(Cn2cccn2)nnc1C1CC(NC(=O)c2cc(C#N)c[nH]2)C1. The van der Waals surface area contributed by atoms with E-state index in [0.29, 0.717) is 17.8 Å². The van der Waals surface area contributed by atoms with E-state index in [1.165, 1.54) is 6.20 Å². The molecular weight excluding hydrogens is 332 g/mol. The maximum atomic E-state index is 12.2. The zero-order chi connectivity index (χ0) is 18.1. The molecule has 0 spiro atoms. The summed E-state index contributed by atoms with van der Waals surface area (Å²) in [7, 11) is 1.96. The first kappa shape index (κ1) is 16.1. The highest BCUT2D eigenvalue weighted by molar-refractivity contribution is 5.93. The maximum absolute atomic E-state index is 12.2. The predicted molar refractivity (Wildman–Crippen MR) is 91.1 cm³/mol. The summed E-state index contributed by atoms with van der Waals surface area (Å²) >= 11 is 0. The van der Waals surface area contributed by atoms with Gasteiger partial charge in [0.15, 0.2) is 5.82 Å². The van der Waals surface area contributed by atoms with Crippen LogP contribution >= 0.6 is 0 Å². The van der Waals surface area contributed by atoms with Crippen molar-refractivity contribution in [1.82, 2.24) is 34.8 Å². The first-order valence-electron chi connectivity index (χ1n) is 8.39. The van der Waals surface area contributed by atoms with E-state index in [2.05, 4.69) is 25.6 Å². The highest BCUT2D eigenvalue weighted by atomic mass is 16.1. The summed E-state index contributed by atoms with van der Waals surface area (Å²) < 4.78 is 3.82. The third-order valence-corrected chi connectivity index (χ3v) is 4.76. The third-order valence-electron chi connectivity index (χ3n) is 4.76. The number of amides is 1. The minimum Gasteiger partial charge on any atom is -0.356 e. The Morgan fingerprint density at radius 1 is 1.46 bits per heavy atom. The van der Waals surface area contributed by atoms with Crippen LogP contribution in [0.1, 0.15) is 46.5 Å². The standard InChI is InChI=1S/C17H18N8O/c1-24-15(10-25-4-2-3-20-25)22-23-16(24)12-6-13(7-12)21-17(26)14-5-11(8-18)9-19-14/h2-5,9,12-13,19H,6-7,10H2,1H3,(H,21,26). The second-order valence-corrected chi connectivity index (χ2v) is 6.49. The highest BCUT2D eigenvalue weighted by Crippen LogP contribution is 2.36. The molecule has 3 heterocycles. The second kappa shape index (κ2) is 6.48. The van der Waals surface area contributed by atoms with Gasteiger partial charge in [0.1, 0.15) is 24.1 Å². The number of nitrogens with zero attached hydrogens (tertiary/aromatic N) is 6. The number of hydrogen-bond acceptors (Lipinski definition) is 5. The van der Waals surface area contributed by atoms with Crippen LogP contribution in [-0.2, 0) is 13.6 Å². The van der Waals surface area contributed by atoms with Gasteiger partial charge in [0.2, 0.25) is 0 Å². The summed E-state index contributed by atoms with van der Waals surface area (Å²) in [5.74, 6) is 1.88. The molecular formula is C17H18N8O. The lowest BCUT2D eigenvalue weighted by Crippen LogP contribution is -2.44. The molecule has 4 rings (SSSR count). The van der Waals surface area contributed by atoms with Gasteiger partial charge in [-0.05, 0) is 25.0 Å². The molecule has 1 fully saturated rings. The number of aromatic amines is 1. The van der Waals surface area contributed by atoms with Crippen molar-refractivity contribution in [2.24, 2.45) is 7.05 Å². The van der Waals surface area contributed by atoms with Gasteiger partial charge in [-0.3, -0.25) is 9.48 Å². The molecule has 9 heteroatoms. The summed E-state index contributed by atoms with van der Waals surface area (Å²) in [4.78, 5) is 15.0. The van der Waals surface area contributed by atoms with Crippen LogP contribution in [0.15, 0.2) is 30.7 Å². The van der Waals surface area contributed by atoms with Crippen molar-refractivity contribution in [3.05, 3.63) is 53.6 Å². The molecule has 2 N–H and O–H groups in total. The normalized spacial score (nSPS) is 18.9. The van der Waals surface area contributed by atoms with E-state index in [4.69, 9.17) is 5.26 Å². The van der Waals surface area contributed by atoms with Gasteiger partial charge >= 0.3 is 0 Å². The molecule has 132 valence electrons. The molecule has 3 aromatic rings. The largest absolute Gasteiger partial charge is 0.356 e. The molecule has 0 radical (unpaired) electrons. The van der Waals surface area contributed by atoms with Crippen molar-refractivity contribution in [3.63, 3.8) is 0 Å². The van der Waals surface area contributed by atoms with Crippen LogP contribution in [0.2, 0.25) is 0 Å². The van der Waals surface area contributed by atoms with Gasteiger partial charge < -0.3 is 14.9 Å². The summed E-state index contributed by atoms with van der Waals surface area (Å²) in [5.41, 5.74) is 0.857. The summed E-state index contributed by atoms with van der Waals surface area (Å²) in [6.45, 7) is 0.581. The topological polar surface area (TPSA) is 117 Å². The first-order valence-corrected chi connectivity index (χ1v) is 8.39. The lowest BCUT2D eigenvalue weighted by atomic mass is 9.79. The van der Waals surface area contributed by atoms with E-state index in [1.807, 2.05) is 34.6 Å². The average Bonchev–Trinajstić information content (AvgIpc) is 3.34. The predicted octanol–water partition coefficient (Wildman–Crippen LogP) is 0.936. The number of H-pyrrole nitrogens is 1. The Kier molecular flexibility index (Phi) is 4.01. The molecule has 0 bridgehead atoms. The van der Waals surface area contributed by atoms with Crippen LogP contribution in [0.25, 0.3) is 0 Å². The maximum Gasteiger partial charge on any atom is 0.267 e. The summed E-state index contributed by atoms with van der Waals surface area (Å²) in [5, 5.41) is 24.6. The minimum atomic E-state index is -0.188. The van der Waals surface area contributed by atoms with Gasteiger partial charge in [-0.2, -0.15) is 10.4 Å². The summed E-state index contributed by atoms with van der Waals surface area (Å²) in [6, 6.07) is 5.53. The first-order chi connectivity index (χ1) is 12.6. The molecule has 0 atom stereocenters. The van der Waals surface area contributed by atoms with E-state index in [0.717, 1.165) is 24.5 Å². The molecule has 9 nitrogen and oxygen atoms in total. The van der Waals surface area contributed by atoms with Gasteiger partial charge in [0.25, 0.3) is 5.91 Å². The van der Waals surface area contributed by atoms with E-state index in [9.17, 15) is 4.79 Å². The molecule has 1 amide bonds. The molecule has 1 aliphatic carbocycles. The molecule has 1 saturated carbocycles. The Morgan fingerprint density at radius 3 is 3.00 bits per heavy atom. The van der Waals surface area contributed by atoms with E-state index >= 15 is 0 Å². The molecule has 0 aliphatic heterocycles. The Hall–Kier alpha value is -3.41. The quantitative estimate of drug-likeness (QED) is 0.710. The molecule has 3 aromatic heterocycles. The Labute approximate surface area is 149 Å². The molecule has 0 unspecified atom stereocenters. The number of aromatic nitrogens is 6. The Bertz CT molecular complexity index is 955. The van der Waals surface area contributed by atoms with Crippen LogP contribution in [-0.4, -0.2) is 41.5 Å². The third kappa shape index (κ3) is 2.97. The van der Waals surface area contributed by atoms with Crippen LogP contribution in [0, 0.1) is 11.3 Å².